The molecular formula is C41H61FN8O5. The third-order valence-electron chi connectivity index (χ3n) is 14.7. The highest BCUT2D eigenvalue weighted by molar-refractivity contribution is 6.20. The number of rotatable bonds is 12. The number of nitrogens with zero attached hydrogens (tertiary/aromatic N) is 5. The van der Waals surface area contributed by atoms with Gasteiger partial charge in [-0.3, -0.25) is 19.3 Å². The largest absolute Gasteiger partial charge is 0.374 e. The summed E-state index contributed by atoms with van der Waals surface area (Å²) in [5.41, 5.74) is 0.130. The molecule has 0 bridgehead atoms. The van der Waals surface area contributed by atoms with Crippen molar-refractivity contribution in [2.75, 3.05) is 46.3 Å². The molecule has 55 heavy (non-hydrogen) atoms. The summed E-state index contributed by atoms with van der Waals surface area (Å²) in [6, 6.07) is -0.428. The molecule has 13 atom stereocenters. The molecule has 2 amide bonds. The average Bonchev–Trinajstić information content (AvgIpc) is 4.01. The number of hydrogen-bond acceptors (Lipinski definition) is 10. The number of likely N-dealkylation sites (tertiary alicyclic amines) is 2. The molecule has 3 N–H and O–H groups in total. The van der Waals surface area contributed by atoms with Crippen molar-refractivity contribution in [3.63, 3.8) is 0 Å². The van der Waals surface area contributed by atoms with Gasteiger partial charge in [0.05, 0.1) is 61.0 Å². The first-order valence-corrected chi connectivity index (χ1v) is 21.5. The Morgan fingerprint density at radius 3 is 2.69 bits per heavy atom. The number of hydrogen-bond donors (Lipinski definition) is 3. The molecule has 3 saturated carbocycles. The molecule has 302 valence electrons. The molecule has 0 aromatic carbocycles. The number of carbonyl (C=O) groups excluding carboxylic acids is 3. The van der Waals surface area contributed by atoms with Crippen LogP contribution in [0.5, 0.6) is 0 Å². The van der Waals surface area contributed by atoms with E-state index in [4.69, 9.17) is 9.47 Å². The third kappa shape index (κ3) is 7.50. The molecule has 13 nitrogen and oxygen atoms in total. The minimum absolute atomic E-state index is 0.0258. The van der Waals surface area contributed by atoms with Crippen molar-refractivity contribution in [3.8, 4) is 0 Å². The van der Waals surface area contributed by atoms with Crippen LogP contribution in [0, 0.1) is 17.8 Å². The predicted octanol–water partition coefficient (Wildman–Crippen LogP) is 2.02. The predicted molar refractivity (Wildman–Crippen MR) is 202 cm³/mol. The number of morpholine rings is 1. The van der Waals surface area contributed by atoms with Gasteiger partial charge in [0.2, 0.25) is 5.91 Å². The number of imidazole rings is 1. The van der Waals surface area contributed by atoms with Gasteiger partial charge in [0, 0.05) is 62.8 Å². The van der Waals surface area contributed by atoms with E-state index < -0.39 is 24.2 Å². The zero-order valence-corrected chi connectivity index (χ0v) is 32.4. The highest BCUT2D eigenvalue weighted by Gasteiger charge is 2.62. The number of nitrogens with one attached hydrogen (secondary N) is 3. The Bertz CT molecular complexity index is 1580. The maximum Gasteiger partial charge on any atom is 0.256 e. The van der Waals surface area contributed by atoms with Crippen LogP contribution < -0.4 is 16.0 Å². The highest BCUT2D eigenvalue weighted by atomic mass is 19.1. The fourth-order valence-electron chi connectivity index (χ4n) is 12.0. The molecular weight excluding hydrogens is 704 g/mol. The molecule has 6 heterocycles. The number of carbonyl (C=O) groups is 3. The smallest absolute Gasteiger partial charge is 0.256 e. The molecule has 7 fully saturated rings. The molecule has 1 aromatic rings. The van der Waals surface area contributed by atoms with E-state index in [-0.39, 0.29) is 66.5 Å². The van der Waals surface area contributed by atoms with Crippen molar-refractivity contribution >= 4 is 17.6 Å². The zero-order chi connectivity index (χ0) is 37.6. The summed E-state index contributed by atoms with van der Waals surface area (Å²) < 4.78 is 32.6. The molecule has 1 aromatic heterocycles. The number of fused-ring (bicyclic) bond motifs is 5. The summed E-state index contributed by atoms with van der Waals surface area (Å²) >= 11 is 0. The molecule has 0 radical (unpaired) electrons. The van der Waals surface area contributed by atoms with Crippen LogP contribution in [0.25, 0.3) is 0 Å². The second-order valence-corrected chi connectivity index (χ2v) is 17.9. The number of ketones is 1. The molecule has 8 aliphatic rings. The minimum atomic E-state index is -1.30. The summed E-state index contributed by atoms with van der Waals surface area (Å²) in [6.45, 7) is 4.56. The van der Waals surface area contributed by atoms with Gasteiger partial charge in [-0.25, -0.2) is 9.37 Å². The number of aromatic nitrogens is 2. The zero-order valence-electron chi connectivity index (χ0n) is 32.4. The topological polar surface area (TPSA) is 133 Å². The van der Waals surface area contributed by atoms with Gasteiger partial charge in [0.15, 0.2) is 5.78 Å². The van der Waals surface area contributed by atoms with Crippen LogP contribution in [0.15, 0.2) is 30.5 Å². The first-order chi connectivity index (χ1) is 26.8. The maximum atomic E-state index is 16.8. The number of ether oxygens (including phenoxy) is 2. The van der Waals surface area contributed by atoms with Crippen LogP contribution >= 0.6 is 0 Å². The fourth-order valence-corrected chi connectivity index (χ4v) is 12.0. The second kappa shape index (κ2) is 16.2. The van der Waals surface area contributed by atoms with Gasteiger partial charge in [0.1, 0.15) is 6.17 Å². The SMILES string of the molecule is CN1CCCC1CCNCC(=O)N[C@@H]1CCN(C2C(F)CC3C(=O)C(C(=O)NCCCn4ccnc4)=CN4C5CC6OC7CCCCC7C6CC5OC2C34)C1. The molecule has 0 spiro atoms. The van der Waals surface area contributed by atoms with E-state index in [0.29, 0.717) is 56.6 Å². The Kier molecular flexibility index (Phi) is 11.1. The van der Waals surface area contributed by atoms with Crippen LogP contribution in [0.1, 0.15) is 77.0 Å². The van der Waals surface area contributed by atoms with Gasteiger partial charge < -0.3 is 39.8 Å². The van der Waals surface area contributed by atoms with Gasteiger partial charge in [-0.1, -0.05) is 12.8 Å². The van der Waals surface area contributed by atoms with E-state index in [1.54, 1.807) is 12.5 Å². The normalized spacial score (nSPS) is 39.9. The lowest BCUT2D eigenvalue weighted by atomic mass is 9.67. The third-order valence-corrected chi connectivity index (χ3v) is 14.7. The summed E-state index contributed by atoms with van der Waals surface area (Å²) in [6.07, 6.45) is 17.0. The monoisotopic (exact) mass is 764 g/mol. The number of halogens is 1. The lowest BCUT2D eigenvalue weighted by molar-refractivity contribution is -0.220. The van der Waals surface area contributed by atoms with E-state index in [1.165, 1.54) is 32.1 Å². The standard InChI is InChI=1S/C41H61FN8O5/c1-47-14-4-6-26(47)9-12-43-21-36(51)46-25-10-16-49(22-25)38-31(42)18-29-37-40(38)55-35-19-28-27-7-2-3-8-33(27)54-34(28)20-32(35)50(37)23-30(39(29)52)41(53)45-11-5-15-48-17-13-44-24-48/h13,17,23-29,31-35,37-38,40,43H,2-12,14-16,18-22H2,1H3,(H,45,53)(H,46,51)/t25-,26?,27?,28?,29?,31?,32?,33?,34?,35?,37?,38?,40?/m1/s1. The lowest BCUT2D eigenvalue weighted by Crippen LogP contribution is -2.73. The molecule has 4 saturated heterocycles. The van der Waals surface area contributed by atoms with Crippen molar-refractivity contribution in [2.24, 2.45) is 17.8 Å². The number of aryl methyl sites for hydroxylation is 1. The number of Topliss-reactive ketones (excluding diaryl/α,β-unsaturated/α-hetero) is 1. The first-order valence-electron chi connectivity index (χ1n) is 21.5. The summed E-state index contributed by atoms with van der Waals surface area (Å²) in [5.74, 6) is -0.420. The van der Waals surface area contributed by atoms with E-state index in [2.05, 4.69) is 42.7 Å². The van der Waals surface area contributed by atoms with E-state index >= 15 is 4.39 Å². The Morgan fingerprint density at radius 2 is 1.85 bits per heavy atom. The Balaban J connectivity index is 0.896. The van der Waals surface area contributed by atoms with Crippen LogP contribution in [-0.2, 0) is 30.4 Å². The van der Waals surface area contributed by atoms with Crippen molar-refractivity contribution < 1.29 is 28.2 Å². The number of amides is 2. The summed E-state index contributed by atoms with van der Waals surface area (Å²) in [5, 5.41) is 9.52. The number of alkyl halides is 1. The summed E-state index contributed by atoms with van der Waals surface area (Å²) in [7, 11) is 2.17. The fraction of sp³-hybridized carbons (Fsp3) is 0.805. The van der Waals surface area contributed by atoms with E-state index in [9.17, 15) is 14.4 Å². The van der Waals surface area contributed by atoms with Gasteiger partial charge >= 0.3 is 0 Å². The van der Waals surface area contributed by atoms with Crippen LogP contribution in [-0.4, -0.2) is 149 Å². The van der Waals surface area contributed by atoms with Crippen molar-refractivity contribution in [1.29, 1.82) is 0 Å². The molecule has 12 unspecified atom stereocenters. The van der Waals surface area contributed by atoms with Crippen LogP contribution in [0.4, 0.5) is 4.39 Å². The molecule has 5 aliphatic heterocycles. The van der Waals surface area contributed by atoms with Crippen molar-refractivity contribution in [1.82, 2.24) is 40.2 Å². The Morgan fingerprint density at radius 1 is 0.964 bits per heavy atom. The van der Waals surface area contributed by atoms with Crippen LogP contribution in [0.2, 0.25) is 0 Å². The minimum Gasteiger partial charge on any atom is -0.374 e. The van der Waals surface area contributed by atoms with Gasteiger partial charge in [-0.05, 0) is 96.2 Å². The van der Waals surface area contributed by atoms with Crippen molar-refractivity contribution in [3.05, 3.63) is 30.5 Å². The first kappa shape index (κ1) is 37.7. The quantitative estimate of drug-likeness (QED) is 0.215. The van der Waals surface area contributed by atoms with Gasteiger partial charge in [-0.15, -0.1) is 0 Å². The second-order valence-electron chi connectivity index (χ2n) is 17.9. The van der Waals surface area contributed by atoms with E-state index in [0.717, 1.165) is 45.2 Å². The summed E-state index contributed by atoms with van der Waals surface area (Å²) in [4.78, 5) is 51.8. The van der Waals surface area contributed by atoms with Crippen LogP contribution in [0.3, 0.4) is 0 Å². The van der Waals surface area contributed by atoms with E-state index in [1.807, 2.05) is 17.0 Å². The highest BCUT2D eigenvalue weighted by Crippen LogP contribution is 2.53. The van der Waals surface area contributed by atoms with Gasteiger partial charge in [-0.2, -0.15) is 0 Å². The molecule has 3 aliphatic carbocycles. The van der Waals surface area contributed by atoms with Gasteiger partial charge in [0.25, 0.3) is 5.91 Å². The Hall–Kier alpha value is -2.91. The average molecular weight is 765 g/mol. The lowest BCUT2D eigenvalue weighted by Gasteiger charge is -2.61. The maximum absolute atomic E-state index is 16.8. The Labute approximate surface area is 324 Å². The molecule has 9 rings (SSSR count). The molecule has 14 heteroatoms. The van der Waals surface area contributed by atoms with Crippen molar-refractivity contribution in [2.45, 2.75) is 144 Å².